The molecule has 7 nitrogen and oxygen atoms in total. The highest BCUT2D eigenvalue weighted by Gasteiger charge is 2.68. The van der Waals surface area contributed by atoms with Crippen LogP contribution in [0.2, 0.25) is 5.02 Å². The molecule has 1 atom stereocenters. The minimum Gasteiger partial charge on any atom is -0.361 e. The summed E-state index contributed by atoms with van der Waals surface area (Å²) in [6, 6.07) is 10.9. The molecule has 3 N–H and O–H groups in total. The van der Waals surface area contributed by atoms with Crippen LogP contribution in [0.15, 0.2) is 54.7 Å². The molecule has 4 rings (SSSR count). The van der Waals surface area contributed by atoms with Crippen LogP contribution in [0.4, 0.5) is 18.0 Å². The number of alkyl halides is 3. The Morgan fingerprint density at radius 3 is 2.53 bits per heavy atom. The fraction of sp³-hybridized carbons (Fsp3) is 0.190. The van der Waals surface area contributed by atoms with Crippen molar-refractivity contribution in [2.45, 2.75) is 18.3 Å². The molecule has 1 saturated heterocycles. The van der Waals surface area contributed by atoms with Gasteiger partial charge in [0.05, 0.1) is 0 Å². The number of nitrogens with zero attached hydrogens (tertiary/aromatic N) is 1. The average molecular weight is 465 g/mol. The van der Waals surface area contributed by atoms with Crippen molar-refractivity contribution in [3.05, 3.63) is 70.9 Å². The lowest BCUT2D eigenvalue weighted by atomic mass is 10.1. The minimum absolute atomic E-state index is 0.0834. The van der Waals surface area contributed by atoms with E-state index in [0.29, 0.717) is 15.5 Å². The molecule has 0 saturated carbocycles. The monoisotopic (exact) mass is 464 g/mol. The highest BCUT2D eigenvalue weighted by molar-refractivity contribution is 6.31. The molecule has 4 amide bonds. The van der Waals surface area contributed by atoms with Crippen molar-refractivity contribution in [3.8, 4) is 0 Å². The number of imide groups is 1. The summed E-state index contributed by atoms with van der Waals surface area (Å²) in [6.07, 6.45) is -3.55. The number of carbonyl (C=O) groups excluding carboxylic acids is 3. The summed E-state index contributed by atoms with van der Waals surface area (Å²) < 4.78 is 41.9. The van der Waals surface area contributed by atoms with Gasteiger partial charge in [-0.1, -0.05) is 29.8 Å². The van der Waals surface area contributed by atoms with E-state index >= 15 is 0 Å². The largest absolute Gasteiger partial charge is 0.440 e. The number of halogens is 4. The normalized spacial score (nSPS) is 18.8. The van der Waals surface area contributed by atoms with E-state index in [1.165, 1.54) is 24.3 Å². The summed E-state index contributed by atoms with van der Waals surface area (Å²) in [7, 11) is 0. The van der Waals surface area contributed by atoms with Crippen molar-refractivity contribution in [2.75, 3.05) is 6.54 Å². The third kappa shape index (κ3) is 3.66. The summed E-state index contributed by atoms with van der Waals surface area (Å²) in [6.45, 7) is -0.330. The molecule has 11 heteroatoms. The first-order valence-electron chi connectivity index (χ1n) is 9.46. The molecule has 1 aromatic heterocycles. The Morgan fingerprint density at radius 2 is 1.84 bits per heavy atom. The van der Waals surface area contributed by atoms with Gasteiger partial charge in [-0.05, 0) is 42.3 Å². The fourth-order valence-corrected chi connectivity index (χ4v) is 3.72. The number of fused-ring (bicyclic) bond motifs is 1. The number of aromatic amines is 1. The highest BCUT2D eigenvalue weighted by atomic mass is 35.5. The number of benzene rings is 2. The Labute approximate surface area is 184 Å². The molecule has 0 spiro atoms. The number of carbonyl (C=O) groups is 3. The summed E-state index contributed by atoms with van der Waals surface area (Å²) in [5.74, 6) is -2.75. The number of urea groups is 1. The first-order valence-corrected chi connectivity index (χ1v) is 9.84. The maximum absolute atomic E-state index is 14.0. The molecule has 2 aromatic carbocycles. The number of hydrogen-bond donors (Lipinski definition) is 3. The van der Waals surface area contributed by atoms with E-state index in [-0.39, 0.29) is 18.5 Å². The second kappa shape index (κ2) is 7.86. The van der Waals surface area contributed by atoms with Crippen molar-refractivity contribution < 1.29 is 27.6 Å². The van der Waals surface area contributed by atoms with Crippen molar-refractivity contribution in [1.82, 2.24) is 20.5 Å². The Bertz CT molecular complexity index is 1210. The average Bonchev–Trinajstić information content (AvgIpc) is 3.25. The highest BCUT2D eigenvalue weighted by Crippen LogP contribution is 2.34. The third-order valence-corrected chi connectivity index (χ3v) is 5.44. The van der Waals surface area contributed by atoms with E-state index in [2.05, 4.69) is 4.98 Å². The summed E-state index contributed by atoms with van der Waals surface area (Å²) in [5.41, 5.74) is -2.23. The molecular formula is C21H16ClF3N4O3. The number of hydrogen-bond acceptors (Lipinski definition) is 3. The summed E-state index contributed by atoms with van der Waals surface area (Å²) in [5, 5.41) is 4.51. The van der Waals surface area contributed by atoms with E-state index in [4.69, 9.17) is 11.6 Å². The van der Waals surface area contributed by atoms with E-state index in [0.717, 1.165) is 10.9 Å². The van der Waals surface area contributed by atoms with Gasteiger partial charge in [0.1, 0.15) is 0 Å². The number of rotatable bonds is 5. The number of aromatic nitrogens is 1. The smallest absolute Gasteiger partial charge is 0.361 e. The van der Waals surface area contributed by atoms with Gasteiger partial charge in [0.2, 0.25) is 0 Å². The number of H-pyrrole nitrogens is 1. The van der Waals surface area contributed by atoms with Gasteiger partial charge in [0, 0.05) is 34.2 Å². The predicted molar refractivity (Wildman–Crippen MR) is 110 cm³/mol. The van der Waals surface area contributed by atoms with Crippen molar-refractivity contribution >= 4 is 40.3 Å². The molecule has 1 unspecified atom stereocenters. The third-order valence-electron chi connectivity index (χ3n) is 5.20. The zero-order valence-corrected chi connectivity index (χ0v) is 17.1. The molecule has 2 heterocycles. The minimum atomic E-state index is -5.27. The molecular weight excluding hydrogens is 449 g/mol. The first kappa shape index (κ1) is 21.7. The molecule has 3 aromatic rings. The second-order valence-corrected chi connectivity index (χ2v) is 7.65. The van der Waals surface area contributed by atoms with Gasteiger partial charge in [-0.15, -0.1) is 0 Å². The lowest BCUT2D eigenvalue weighted by molar-refractivity contribution is -0.200. The van der Waals surface area contributed by atoms with Crippen LogP contribution in [0.3, 0.4) is 0 Å². The first-order chi connectivity index (χ1) is 15.1. The maximum atomic E-state index is 14.0. The van der Waals surface area contributed by atoms with Crippen LogP contribution >= 0.6 is 11.6 Å². The van der Waals surface area contributed by atoms with E-state index in [1.807, 2.05) is 0 Å². The number of amides is 4. The van der Waals surface area contributed by atoms with Crippen LogP contribution in [0.5, 0.6) is 0 Å². The van der Waals surface area contributed by atoms with Gasteiger partial charge in [-0.3, -0.25) is 19.8 Å². The second-order valence-electron chi connectivity index (χ2n) is 7.21. The van der Waals surface area contributed by atoms with Gasteiger partial charge in [0.15, 0.2) is 0 Å². The van der Waals surface area contributed by atoms with Crippen molar-refractivity contribution in [1.29, 1.82) is 0 Å². The molecule has 0 bridgehead atoms. The summed E-state index contributed by atoms with van der Waals surface area (Å²) in [4.78, 5) is 41.0. The zero-order valence-electron chi connectivity index (χ0n) is 16.3. The van der Waals surface area contributed by atoms with Gasteiger partial charge in [-0.2, -0.15) is 13.2 Å². The molecule has 1 aliphatic rings. The van der Waals surface area contributed by atoms with E-state index in [1.54, 1.807) is 41.1 Å². The quantitative estimate of drug-likeness (QED) is 0.503. The maximum Gasteiger partial charge on any atom is 0.440 e. The lowest BCUT2D eigenvalue weighted by Crippen LogP contribution is -2.69. The molecule has 0 aliphatic carbocycles. The topological polar surface area (TPSA) is 94.3 Å². The van der Waals surface area contributed by atoms with Crippen LogP contribution in [0.25, 0.3) is 10.9 Å². The molecule has 166 valence electrons. The van der Waals surface area contributed by atoms with Crippen LogP contribution in [-0.4, -0.2) is 46.1 Å². The van der Waals surface area contributed by atoms with Gasteiger partial charge in [0.25, 0.3) is 17.5 Å². The Hall–Kier alpha value is -3.53. The Morgan fingerprint density at radius 1 is 1.12 bits per heavy atom. The van der Waals surface area contributed by atoms with Crippen LogP contribution in [-0.2, 0) is 11.2 Å². The van der Waals surface area contributed by atoms with Gasteiger partial charge in [-0.25, -0.2) is 4.79 Å². The molecule has 32 heavy (non-hydrogen) atoms. The lowest BCUT2D eigenvalue weighted by Gasteiger charge is -2.29. The standard InChI is InChI=1S/C21H16ClF3N4O3/c22-14-6-7-16-15(10-14)13(11-26-16)8-9-29-18(31)20(21(23,24)25,28-19(29)32)27-17(30)12-4-2-1-3-5-12/h1-7,10-11,26H,8-9H2,(H,27,30)(H,28,32). The molecule has 1 aliphatic heterocycles. The molecule has 1 fully saturated rings. The zero-order chi connectivity index (χ0) is 23.1. The van der Waals surface area contributed by atoms with Crippen molar-refractivity contribution in [2.24, 2.45) is 0 Å². The van der Waals surface area contributed by atoms with Gasteiger partial charge < -0.3 is 10.3 Å². The van der Waals surface area contributed by atoms with E-state index < -0.39 is 29.7 Å². The van der Waals surface area contributed by atoms with Crippen LogP contribution in [0, 0.1) is 0 Å². The Kier molecular flexibility index (Phi) is 5.33. The Balaban J connectivity index is 1.58. The summed E-state index contributed by atoms with van der Waals surface area (Å²) >= 11 is 6.00. The number of nitrogens with one attached hydrogen (secondary N) is 3. The van der Waals surface area contributed by atoms with Crippen LogP contribution < -0.4 is 10.6 Å². The fourth-order valence-electron chi connectivity index (χ4n) is 3.55. The molecule has 0 radical (unpaired) electrons. The van der Waals surface area contributed by atoms with E-state index in [9.17, 15) is 27.6 Å². The predicted octanol–water partition coefficient (Wildman–Crippen LogP) is 3.60. The van der Waals surface area contributed by atoms with Gasteiger partial charge >= 0.3 is 12.2 Å². The van der Waals surface area contributed by atoms with Crippen LogP contribution in [0.1, 0.15) is 15.9 Å². The van der Waals surface area contributed by atoms with Crippen molar-refractivity contribution in [3.63, 3.8) is 0 Å². The SMILES string of the molecule is O=C(NC1(C(F)(F)F)NC(=O)N(CCc2c[nH]c3ccc(Cl)cc23)C1=O)c1ccccc1.